The number of aryl methyl sites for hydroxylation is 1. The number of amides is 1. The Kier molecular flexibility index (Phi) is 5.32. The average Bonchev–Trinajstić information content (AvgIpc) is 2.74. The number of anilines is 1. The number of benzene rings is 3. The molecule has 0 radical (unpaired) electrons. The summed E-state index contributed by atoms with van der Waals surface area (Å²) in [6, 6.07) is 23.2. The first-order valence-corrected chi connectivity index (χ1v) is 10.0. The molecule has 0 aliphatic heterocycles. The summed E-state index contributed by atoms with van der Waals surface area (Å²) in [4.78, 5) is 18.2. The number of hydrogen-bond donors (Lipinski definition) is 1. The zero-order chi connectivity index (χ0) is 20.4. The Labute approximate surface area is 175 Å². The van der Waals surface area contributed by atoms with Gasteiger partial charge in [-0.3, -0.25) is 4.79 Å². The van der Waals surface area contributed by atoms with Crippen LogP contribution in [0.5, 0.6) is 0 Å². The van der Waals surface area contributed by atoms with E-state index in [0.717, 1.165) is 45.4 Å². The third-order valence-electron chi connectivity index (χ3n) is 5.13. The van der Waals surface area contributed by atoms with Crippen molar-refractivity contribution in [2.45, 2.75) is 20.3 Å². The van der Waals surface area contributed by atoms with Gasteiger partial charge in [-0.1, -0.05) is 67.1 Å². The van der Waals surface area contributed by atoms with Crippen LogP contribution in [0.1, 0.15) is 28.4 Å². The SMILES string of the molecule is CCc1ccccc1NC(=O)c1c(C)c(-c2ccc(Cl)cc2)nc2ccccc12. The first-order valence-electron chi connectivity index (χ1n) is 9.63. The van der Waals surface area contributed by atoms with Crippen molar-refractivity contribution in [3.05, 3.63) is 94.5 Å². The molecule has 0 aliphatic carbocycles. The minimum atomic E-state index is -0.128. The predicted molar refractivity (Wildman–Crippen MR) is 121 cm³/mol. The van der Waals surface area contributed by atoms with Gasteiger partial charge in [0.15, 0.2) is 0 Å². The molecule has 4 heteroatoms. The fraction of sp³-hybridized carbons (Fsp3) is 0.120. The zero-order valence-corrected chi connectivity index (χ0v) is 17.1. The van der Waals surface area contributed by atoms with Gasteiger partial charge >= 0.3 is 0 Å². The summed E-state index contributed by atoms with van der Waals surface area (Å²) in [6.45, 7) is 4.03. The maximum absolute atomic E-state index is 13.4. The zero-order valence-electron chi connectivity index (χ0n) is 16.4. The van der Waals surface area contributed by atoms with Crippen molar-refractivity contribution in [1.29, 1.82) is 0 Å². The number of aromatic nitrogens is 1. The van der Waals surface area contributed by atoms with Crippen molar-refractivity contribution in [2.75, 3.05) is 5.32 Å². The molecule has 3 aromatic carbocycles. The van der Waals surface area contributed by atoms with Gasteiger partial charge in [0.05, 0.1) is 16.8 Å². The van der Waals surface area contributed by atoms with Crippen molar-refractivity contribution in [3.63, 3.8) is 0 Å². The molecule has 0 saturated carbocycles. The Morgan fingerprint density at radius 1 is 0.966 bits per heavy atom. The van der Waals surface area contributed by atoms with E-state index in [-0.39, 0.29) is 5.91 Å². The lowest BCUT2D eigenvalue weighted by Gasteiger charge is -2.16. The Balaban J connectivity index is 1.87. The number of hydrogen-bond acceptors (Lipinski definition) is 2. The number of nitrogens with one attached hydrogen (secondary N) is 1. The van der Waals surface area contributed by atoms with Gasteiger partial charge in [0, 0.05) is 21.7 Å². The van der Waals surface area contributed by atoms with Gasteiger partial charge in [0.2, 0.25) is 0 Å². The Morgan fingerprint density at radius 2 is 1.66 bits per heavy atom. The van der Waals surface area contributed by atoms with Crippen LogP contribution in [0.15, 0.2) is 72.8 Å². The van der Waals surface area contributed by atoms with Gasteiger partial charge in [0.25, 0.3) is 5.91 Å². The van der Waals surface area contributed by atoms with Crippen LogP contribution in [0.2, 0.25) is 5.02 Å². The van der Waals surface area contributed by atoms with Gasteiger partial charge in [-0.05, 0) is 48.7 Å². The highest BCUT2D eigenvalue weighted by Gasteiger charge is 2.19. The second kappa shape index (κ2) is 8.06. The molecule has 0 fully saturated rings. The predicted octanol–water partition coefficient (Wildman–Crippen LogP) is 6.68. The highest BCUT2D eigenvalue weighted by atomic mass is 35.5. The molecule has 0 saturated heterocycles. The third-order valence-corrected chi connectivity index (χ3v) is 5.38. The van der Waals surface area contributed by atoms with Crippen LogP contribution >= 0.6 is 11.6 Å². The van der Waals surface area contributed by atoms with E-state index >= 15 is 0 Å². The molecular weight excluding hydrogens is 380 g/mol. The number of nitrogens with zero attached hydrogens (tertiary/aromatic N) is 1. The topological polar surface area (TPSA) is 42.0 Å². The molecular formula is C25H21ClN2O. The molecule has 0 aliphatic rings. The summed E-state index contributed by atoms with van der Waals surface area (Å²) in [7, 11) is 0. The fourth-order valence-electron chi connectivity index (χ4n) is 3.62. The highest BCUT2D eigenvalue weighted by Crippen LogP contribution is 2.31. The van der Waals surface area contributed by atoms with Gasteiger partial charge in [-0.15, -0.1) is 0 Å². The molecule has 0 bridgehead atoms. The van der Waals surface area contributed by atoms with Crippen LogP contribution in [-0.2, 0) is 6.42 Å². The second-order valence-corrected chi connectivity index (χ2v) is 7.39. The molecule has 1 amide bonds. The fourth-order valence-corrected chi connectivity index (χ4v) is 3.75. The van der Waals surface area contributed by atoms with Crippen LogP contribution in [0.4, 0.5) is 5.69 Å². The van der Waals surface area contributed by atoms with E-state index in [1.807, 2.05) is 79.7 Å². The Morgan fingerprint density at radius 3 is 2.41 bits per heavy atom. The summed E-state index contributed by atoms with van der Waals surface area (Å²) in [5, 5.41) is 4.62. The van der Waals surface area contributed by atoms with E-state index in [1.54, 1.807) is 0 Å². The first-order chi connectivity index (χ1) is 14.1. The second-order valence-electron chi connectivity index (χ2n) is 6.95. The van der Waals surface area contributed by atoms with Crippen LogP contribution in [0.3, 0.4) is 0 Å². The van der Waals surface area contributed by atoms with E-state index in [0.29, 0.717) is 10.6 Å². The molecule has 144 valence electrons. The van der Waals surface area contributed by atoms with Crippen molar-refractivity contribution in [1.82, 2.24) is 4.98 Å². The molecule has 1 aromatic heterocycles. The number of carbonyl (C=O) groups excluding carboxylic acids is 1. The standard InChI is InChI=1S/C25H21ClN2O/c1-3-17-8-4-6-10-21(17)28-25(29)23-16(2)24(18-12-14-19(26)15-13-18)27-22-11-7-5-9-20(22)23/h4-15H,3H2,1-2H3,(H,28,29). The lowest BCUT2D eigenvalue weighted by atomic mass is 9.97. The Bertz CT molecular complexity index is 1200. The van der Waals surface area contributed by atoms with Crippen molar-refractivity contribution in [2.24, 2.45) is 0 Å². The minimum Gasteiger partial charge on any atom is -0.322 e. The normalized spacial score (nSPS) is 10.9. The van der Waals surface area contributed by atoms with E-state index in [1.165, 1.54) is 0 Å². The van der Waals surface area contributed by atoms with Gasteiger partial charge in [0.1, 0.15) is 0 Å². The molecule has 4 rings (SSSR count). The average molecular weight is 401 g/mol. The maximum Gasteiger partial charge on any atom is 0.256 e. The van der Waals surface area contributed by atoms with Gasteiger partial charge < -0.3 is 5.32 Å². The van der Waals surface area contributed by atoms with Crippen molar-refractivity contribution in [3.8, 4) is 11.3 Å². The van der Waals surface area contributed by atoms with Gasteiger partial charge in [-0.2, -0.15) is 0 Å². The van der Waals surface area contributed by atoms with Gasteiger partial charge in [-0.25, -0.2) is 4.98 Å². The minimum absolute atomic E-state index is 0.128. The number of rotatable bonds is 4. The Hall–Kier alpha value is -3.17. The summed E-state index contributed by atoms with van der Waals surface area (Å²) in [6.07, 6.45) is 0.850. The molecule has 0 unspecified atom stereocenters. The highest BCUT2D eigenvalue weighted by molar-refractivity contribution is 6.30. The van der Waals surface area contributed by atoms with E-state index in [2.05, 4.69) is 12.2 Å². The number of para-hydroxylation sites is 2. The summed E-state index contributed by atoms with van der Waals surface area (Å²) in [5.41, 5.74) is 5.94. The summed E-state index contributed by atoms with van der Waals surface area (Å²) >= 11 is 6.05. The van der Waals surface area contributed by atoms with Crippen molar-refractivity contribution >= 4 is 34.1 Å². The van der Waals surface area contributed by atoms with E-state index in [9.17, 15) is 4.79 Å². The van der Waals surface area contributed by atoms with E-state index in [4.69, 9.17) is 16.6 Å². The lowest BCUT2D eigenvalue weighted by Crippen LogP contribution is -2.16. The monoisotopic (exact) mass is 400 g/mol. The maximum atomic E-state index is 13.4. The molecule has 0 spiro atoms. The molecule has 3 nitrogen and oxygen atoms in total. The van der Waals surface area contributed by atoms with Crippen LogP contribution in [-0.4, -0.2) is 10.9 Å². The quantitative estimate of drug-likeness (QED) is 0.415. The molecule has 0 atom stereocenters. The number of carbonyl (C=O) groups is 1. The lowest BCUT2D eigenvalue weighted by molar-refractivity contribution is 0.102. The van der Waals surface area contributed by atoms with E-state index < -0.39 is 0 Å². The summed E-state index contributed by atoms with van der Waals surface area (Å²) < 4.78 is 0. The largest absolute Gasteiger partial charge is 0.322 e. The summed E-state index contributed by atoms with van der Waals surface area (Å²) in [5.74, 6) is -0.128. The molecule has 1 N–H and O–H groups in total. The first kappa shape index (κ1) is 19.2. The number of pyridine rings is 1. The van der Waals surface area contributed by atoms with Crippen LogP contribution in [0, 0.1) is 6.92 Å². The molecule has 4 aromatic rings. The number of halogens is 1. The number of fused-ring (bicyclic) bond motifs is 1. The van der Waals surface area contributed by atoms with Crippen molar-refractivity contribution < 1.29 is 4.79 Å². The smallest absolute Gasteiger partial charge is 0.256 e. The van der Waals surface area contributed by atoms with Crippen LogP contribution in [0.25, 0.3) is 22.2 Å². The molecule has 29 heavy (non-hydrogen) atoms. The molecule has 1 heterocycles. The third kappa shape index (κ3) is 3.74. The van der Waals surface area contributed by atoms with Crippen LogP contribution < -0.4 is 5.32 Å².